The summed E-state index contributed by atoms with van der Waals surface area (Å²) in [4.78, 5) is 15.1. The summed E-state index contributed by atoms with van der Waals surface area (Å²) < 4.78 is 13.2. The number of nitriles is 1. The van der Waals surface area contributed by atoms with Gasteiger partial charge < -0.3 is 4.90 Å². The highest BCUT2D eigenvalue weighted by Crippen LogP contribution is 2.11. The molecule has 0 aromatic heterocycles. The fourth-order valence-electron chi connectivity index (χ4n) is 1.63. The largest absolute Gasteiger partial charge is 0.348 e. The Morgan fingerprint density at radius 1 is 1.42 bits per heavy atom. The topological polar surface area (TPSA) is 47.3 Å². The van der Waals surface area contributed by atoms with Gasteiger partial charge in [-0.25, -0.2) is 4.39 Å². The zero-order valence-corrected chi connectivity index (χ0v) is 11.5. The van der Waals surface area contributed by atoms with E-state index in [1.165, 1.54) is 17.0 Å². The van der Waals surface area contributed by atoms with Crippen molar-refractivity contribution in [2.75, 3.05) is 27.2 Å². The van der Waals surface area contributed by atoms with Crippen LogP contribution in [0.2, 0.25) is 0 Å². The summed E-state index contributed by atoms with van der Waals surface area (Å²) in [6.07, 6.45) is 0. The molecule has 0 N–H and O–H groups in total. The molecule has 0 radical (unpaired) electrons. The Morgan fingerprint density at radius 3 is 2.63 bits per heavy atom. The summed E-state index contributed by atoms with van der Waals surface area (Å²) in [5, 5.41) is 8.79. The van der Waals surface area contributed by atoms with Crippen molar-refractivity contribution in [2.45, 2.75) is 13.5 Å². The van der Waals surface area contributed by atoms with Gasteiger partial charge in [-0.1, -0.05) is 13.0 Å². The fraction of sp³-hybridized carbons (Fsp3) is 0.429. The van der Waals surface area contributed by atoms with Crippen molar-refractivity contribution in [3.05, 3.63) is 35.1 Å². The second-order valence-electron chi connectivity index (χ2n) is 4.52. The molecule has 0 saturated carbocycles. The van der Waals surface area contributed by atoms with Crippen molar-refractivity contribution in [1.29, 1.82) is 5.26 Å². The van der Waals surface area contributed by atoms with Gasteiger partial charge in [0.2, 0.25) is 5.91 Å². The molecule has 0 fully saturated rings. The fourth-order valence-corrected chi connectivity index (χ4v) is 1.63. The number of carbonyl (C=O) groups excluding carboxylic acids is 1. The van der Waals surface area contributed by atoms with E-state index >= 15 is 0 Å². The molecular weight excluding hydrogens is 245 g/mol. The molecule has 0 aliphatic rings. The van der Waals surface area contributed by atoms with Gasteiger partial charge in [-0.2, -0.15) is 5.26 Å². The van der Waals surface area contributed by atoms with Gasteiger partial charge in [-0.3, -0.25) is 9.69 Å². The van der Waals surface area contributed by atoms with Gasteiger partial charge >= 0.3 is 0 Å². The third-order valence-electron chi connectivity index (χ3n) is 2.86. The van der Waals surface area contributed by atoms with Gasteiger partial charge in [0, 0.05) is 20.6 Å². The van der Waals surface area contributed by atoms with Crippen molar-refractivity contribution >= 4 is 5.91 Å². The van der Waals surface area contributed by atoms with Gasteiger partial charge in [0.15, 0.2) is 0 Å². The van der Waals surface area contributed by atoms with Crippen LogP contribution in [-0.2, 0) is 11.3 Å². The maximum absolute atomic E-state index is 13.2. The van der Waals surface area contributed by atoms with Crippen LogP contribution in [0, 0.1) is 17.1 Å². The van der Waals surface area contributed by atoms with Crippen LogP contribution in [0.1, 0.15) is 18.1 Å². The van der Waals surface area contributed by atoms with Crippen LogP contribution in [0.15, 0.2) is 18.2 Å². The van der Waals surface area contributed by atoms with Crippen molar-refractivity contribution in [3.8, 4) is 6.07 Å². The van der Waals surface area contributed by atoms with Crippen LogP contribution in [0.25, 0.3) is 0 Å². The van der Waals surface area contributed by atoms with E-state index in [0.29, 0.717) is 19.6 Å². The number of hydrogen-bond donors (Lipinski definition) is 0. The van der Waals surface area contributed by atoms with Gasteiger partial charge in [0.25, 0.3) is 0 Å². The molecule has 0 bridgehead atoms. The molecule has 1 aromatic carbocycles. The lowest BCUT2D eigenvalue weighted by Crippen LogP contribution is -2.36. The molecule has 1 rings (SSSR count). The molecule has 0 unspecified atom stereocenters. The van der Waals surface area contributed by atoms with Gasteiger partial charge in [-0.15, -0.1) is 0 Å². The van der Waals surface area contributed by atoms with E-state index in [1.54, 1.807) is 20.2 Å². The first-order chi connectivity index (χ1) is 8.97. The molecule has 4 nitrogen and oxygen atoms in total. The van der Waals surface area contributed by atoms with E-state index in [-0.39, 0.29) is 11.5 Å². The highest BCUT2D eigenvalue weighted by molar-refractivity contribution is 5.77. The maximum atomic E-state index is 13.2. The number of hydrogen-bond acceptors (Lipinski definition) is 3. The molecule has 102 valence electrons. The van der Waals surface area contributed by atoms with E-state index in [2.05, 4.69) is 0 Å². The number of likely N-dealkylation sites (N-methyl/N-ethyl adjacent to an activating group) is 2. The molecule has 0 spiro atoms. The Labute approximate surface area is 113 Å². The van der Waals surface area contributed by atoms with Crippen molar-refractivity contribution in [1.82, 2.24) is 9.80 Å². The number of nitrogens with zero attached hydrogens (tertiary/aromatic N) is 3. The Hall–Kier alpha value is -1.93. The van der Waals surface area contributed by atoms with E-state index < -0.39 is 5.82 Å². The molecule has 0 atom stereocenters. The predicted molar refractivity (Wildman–Crippen MR) is 70.8 cm³/mol. The summed E-state index contributed by atoms with van der Waals surface area (Å²) in [7, 11) is 3.42. The average Bonchev–Trinajstić information content (AvgIpc) is 2.39. The highest BCUT2D eigenvalue weighted by atomic mass is 19.1. The molecule has 5 heteroatoms. The van der Waals surface area contributed by atoms with Crippen LogP contribution in [0.3, 0.4) is 0 Å². The van der Waals surface area contributed by atoms with Crippen LogP contribution >= 0.6 is 0 Å². The second kappa shape index (κ2) is 6.86. The first-order valence-corrected chi connectivity index (χ1v) is 6.09. The summed E-state index contributed by atoms with van der Waals surface area (Å²) >= 11 is 0. The molecule has 0 saturated heterocycles. The standard InChI is InChI=1S/C14H18FN3O/c1-4-18(10-14(19)17(2)3)9-11-5-6-13(15)12(7-11)8-16/h5-7H,4,9-10H2,1-3H3. The average molecular weight is 263 g/mol. The van der Waals surface area contributed by atoms with Crippen LogP contribution in [0.5, 0.6) is 0 Å². The predicted octanol–water partition coefficient (Wildman–Crippen LogP) is 1.61. The minimum atomic E-state index is -0.515. The molecule has 1 amide bonds. The Balaban J connectivity index is 2.76. The minimum Gasteiger partial charge on any atom is -0.348 e. The molecular formula is C14H18FN3O. The van der Waals surface area contributed by atoms with Crippen molar-refractivity contribution < 1.29 is 9.18 Å². The van der Waals surface area contributed by atoms with Crippen LogP contribution in [0.4, 0.5) is 4.39 Å². The van der Waals surface area contributed by atoms with Gasteiger partial charge in [0.1, 0.15) is 11.9 Å². The van der Waals surface area contributed by atoms with Gasteiger partial charge in [0.05, 0.1) is 12.1 Å². The van der Waals surface area contributed by atoms with Gasteiger partial charge in [-0.05, 0) is 24.2 Å². The second-order valence-corrected chi connectivity index (χ2v) is 4.52. The van der Waals surface area contributed by atoms with Crippen molar-refractivity contribution in [2.24, 2.45) is 0 Å². The zero-order valence-electron chi connectivity index (χ0n) is 11.5. The Kier molecular flexibility index (Phi) is 5.46. The lowest BCUT2D eigenvalue weighted by atomic mass is 10.1. The molecule has 19 heavy (non-hydrogen) atoms. The normalized spacial score (nSPS) is 10.3. The zero-order chi connectivity index (χ0) is 14.4. The maximum Gasteiger partial charge on any atom is 0.236 e. The highest BCUT2D eigenvalue weighted by Gasteiger charge is 2.12. The summed E-state index contributed by atoms with van der Waals surface area (Å²) in [6.45, 7) is 3.49. The Morgan fingerprint density at radius 2 is 2.11 bits per heavy atom. The molecule has 0 heterocycles. The number of benzene rings is 1. The van der Waals surface area contributed by atoms with Crippen LogP contribution < -0.4 is 0 Å². The number of carbonyl (C=O) groups is 1. The van der Waals surface area contributed by atoms with Crippen LogP contribution in [-0.4, -0.2) is 42.9 Å². The summed E-state index contributed by atoms with van der Waals surface area (Å²) in [5.74, 6) is -0.497. The lowest BCUT2D eigenvalue weighted by Gasteiger charge is -2.22. The monoisotopic (exact) mass is 263 g/mol. The van der Waals surface area contributed by atoms with E-state index in [4.69, 9.17) is 5.26 Å². The third-order valence-corrected chi connectivity index (χ3v) is 2.86. The summed E-state index contributed by atoms with van der Waals surface area (Å²) in [6, 6.07) is 6.27. The first kappa shape index (κ1) is 15.1. The minimum absolute atomic E-state index is 0.0180. The van der Waals surface area contributed by atoms with E-state index in [1.807, 2.05) is 17.9 Å². The lowest BCUT2D eigenvalue weighted by molar-refractivity contribution is -0.130. The molecule has 0 aliphatic heterocycles. The number of amides is 1. The number of rotatable bonds is 5. The van der Waals surface area contributed by atoms with E-state index in [9.17, 15) is 9.18 Å². The van der Waals surface area contributed by atoms with Crippen molar-refractivity contribution in [3.63, 3.8) is 0 Å². The SMILES string of the molecule is CCN(CC(=O)N(C)C)Cc1ccc(F)c(C#N)c1. The van der Waals surface area contributed by atoms with E-state index in [0.717, 1.165) is 5.56 Å². The number of halogens is 1. The molecule has 1 aromatic rings. The first-order valence-electron chi connectivity index (χ1n) is 6.09. The smallest absolute Gasteiger partial charge is 0.236 e. The Bertz CT molecular complexity index is 494. The molecule has 0 aliphatic carbocycles. The summed E-state index contributed by atoms with van der Waals surface area (Å²) in [5.41, 5.74) is 0.860. The third kappa shape index (κ3) is 4.34. The quantitative estimate of drug-likeness (QED) is 0.811.